The Morgan fingerprint density at radius 2 is 2.10 bits per heavy atom. The zero-order valence-corrected chi connectivity index (χ0v) is 12.6. The highest BCUT2D eigenvalue weighted by molar-refractivity contribution is 5.47. The van der Waals surface area contributed by atoms with Crippen LogP contribution in [0.1, 0.15) is 57.1 Å². The van der Waals surface area contributed by atoms with Crippen LogP contribution in [0.2, 0.25) is 0 Å². The molecule has 2 rings (SSSR count). The summed E-state index contributed by atoms with van der Waals surface area (Å²) < 4.78 is 13.8. The van der Waals surface area contributed by atoms with Crippen molar-refractivity contribution in [3.8, 4) is 0 Å². The lowest BCUT2D eigenvalue weighted by molar-refractivity contribution is -0.296. The van der Waals surface area contributed by atoms with Crippen molar-refractivity contribution >= 4 is 12.4 Å². The molecule has 21 heavy (non-hydrogen) atoms. The first kappa shape index (κ1) is 16.1. The molecule has 1 saturated carbocycles. The smallest absolute Gasteiger partial charge is 0.149 e. The van der Waals surface area contributed by atoms with Gasteiger partial charge in [-0.25, -0.2) is 9.28 Å². The van der Waals surface area contributed by atoms with E-state index in [1.807, 2.05) is 0 Å². The van der Waals surface area contributed by atoms with Crippen molar-refractivity contribution in [2.24, 2.45) is 16.8 Å². The second-order valence-corrected chi connectivity index (χ2v) is 5.96. The normalized spacial score (nSPS) is 23.8. The fourth-order valence-corrected chi connectivity index (χ4v) is 3.44. The SMILES string of the molecule is C=Nc1ccc(C(OO)C2CCC(CCC)CC2)cc1F. The summed E-state index contributed by atoms with van der Waals surface area (Å²) in [5.74, 6) is 0.601. The summed E-state index contributed by atoms with van der Waals surface area (Å²) in [7, 11) is 0. The molecule has 1 N–H and O–H groups in total. The van der Waals surface area contributed by atoms with Crippen LogP contribution in [0, 0.1) is 17.7 Å². The Morgan fingerprint density at radius 1 is 1.38 bits per heavy atom. The monoisotopic (exact) mass is 293 g/mol. The minimum atomic E-state index is -0.457. The molecule has 1 aromatic rings. The molecule has 0 spiro atoms. The molecule has 4 heteroatoms. The molecular formula is C17H24FNO2. The molecule has 0 aromatic heterocycles. The molecule has 0 aliphatic heterocycles. The first-order chi connectivity index (χ1) is 10.2. The molecule has 0 saturated heterocycles. The number of rotatable bonds is 6. The number of benzene rings is 1. The van der Waals surface area contributed by atoms with Crippen molar-refractivity contribution in [3.63, 3.8) is 0 Å². The first-order valence-electron chi connectivity index (χ1n) is 7.76. The predicted molar refractivity (Wildman–Crippen MR) is 82.4 cm³/mol. The van der Waals surface area contributed by atoms with Gasteiger partial charge in [-0.2, -0.15) is 0 Å². The van der Waals surface area contributed by atoms with Gasteiger partial charge in [0.15, 0.2) is 0 Å². The van der Waals surface area contributed by atoms with E-state index in [4.69, 9.17) is 0 Å². The van der Waals surface area contributed by atoms with Crippen LogP contribution in [0.5, 0.6) is 0 Å². The van der Waals surface area contributed by atoms with E-state index < -0.39 is 11.9 Å². The fourth-order valence-electron chi connectivity index (χ4n) is 3.44. The lowest BCUT2D eigenvalue weighted by Crippen LogP contribution is -2.22. The summed E-state index contributed by atoms with van der Waals surface area (Å²) in [5.41, 5.74) is 0.892. The van der Waals surface area contributed by atoms with Crippen LogP contribution in [-0.4, -0.2) is 12.0 Å². The zero-order chi connectivity index (χ0) is 15.2. The van der Waals surface area contributed by atoms with E-state index in [-0.39, 0.29) is 11.6 Å². The molecule has 0 bridgehead atoms. The van der Waals surface area contributed by atoms with E-state index in [9.17, 15) is 9.65 Å². The van der Waals surface area contributed by atoms with E-state index in [2.05, 4.69) is 23.5 Å². The Kier molecular flexibility index (Phi) is 5.88. The molecule has 1 atom stereocenters. The minimum Gasteiger partial charge on any atom is -0.262 e. The highest BCUT2D eigenvalue weighted by Crippen LogP contribution is 2.40. The summed E-state index contributed by atoms with van der Waals surface area (Å²) in [6, 6.07) is 4.72. The van der Waals surface area contributed by atoms with Crippen LogP contribution in [0.25, 0.3) is 0 Å². The Hall–Kier alpha value is -1.26. The number of aliphatic imine (C=N–C) groups is 1. The third kappa shape index (κ3) is 3.89. The number of halogens is 1. The molecule has 0 amide bonds. The molecule has 1 fully saturated rings. The maximum absolute atomic E-state index is 13.8. The van der Waals surface area contributed by atoms with Gasteiger partial charge in [0.1, 0.15) is 11.9 Å². The van der Waals surface area contributed by atoms with Gasteiger partial charge < -0.3 is 0 Å². The van der Waals surface area contributed by atoms with E-state index in [0.717, 1.165) is 31.6 Å². The second kappa shape index (κ2) is 7.66. The largest absolute Gasteiger partial charge is 0.262 e. The Balaban J connectivity index is 2.06. The topological polar surface area (TPSA) is 41.8 Å². The van der Waals surface area contributed by atoms with Crippen molar-refractivity contribution in [1.29, 1.82) is 0 Å². The van der Waals surface area contributed by atoms with Gasteiger partial charge in [0.05, 0.1) is 5.69 Å². The molecule has 0 heterocycles. The van der Waals surface area contributed by atoms with Gasteiger partial charge in [0.2, 0.25) is 0 Å². The molecule has 0 radical (unpaired) electrons. The van der Waals surface area contributed by atoms with Crippen molar-refractivity contribution < 1.29 is 14.5 Å². The van der Waals surface area contributed by atoms with Gasteiger partial charge in [-0.3, -0.25) is 10.2 Å². The average molecular weight is 293 g/mol. The van der Waals surface area contributed by atoms with Crippen molar-refractivity contribution in [2.75, 3.05) is 0 Å². The van der Waals surface area contributed by atoms with Crippen LogP contribution in [0.15, 0.2) is 23.2 Å². The van der Waals surface area contributed by atoms with Crippen LogP contribution in [0.4, 0.5) is 10.1 Å². The van der Waals surface area contributed by atoms with Crippen molar-refractivity contribution in [3.05, 3.63) is 29.6 Å². The summed E-state index contributed by atoms with van der Waals surface area (Å²) in [6.07, 6.45) is 6.38. The molecule has 1 aliphatic rings. The molecular weight excluding hydrogens is 269 g/mol. The summed E-state index contributed by atoms with van der Waals surface area (Å²) in [5, 5.41) is 9.26. The summed E-state index contributed by atoms with van der Waals surface area (Å²) in [4.78, 5) is 8.30. The van der Waals surface area contributed by atoms with Crippen LogP contribution < -0.4 is 0 Å². The van der Waals surface area contributed by atoms with E-state index in [1.165, 1.54) is 18.9 Å². The lowest BCUT2D eigenvalue weighted by Gasteiger charge is -2.32. The Bertz CT molecular complexity index is 470. The quantitative estimate of drug-likeness (QED) is 0.439. The molecule has 1 aromatic carbocycles. The van der Waals surface area contributed by atoms with E-state index in [0.29, 0.717) is 5.56 Å². The van der Waals surface area contributed by atoms with E-state index >= 15 is 0 Å². The highest BCUT2D eigenvalue weighted by atomic mass is 19.1. The average Bonchev–Trinajstić information content (AvgIpc) is 2.50. The fraction of sp³-hybridized carbons (Fsp3) is 0.588. The predicted octanol–water partition coefficient (Wildman–Crippen LogP) is 5.30. The van der Waals surface area contributed by atoms with Gasteiger partial charge in [0, 0.05) is 0 Å². The molecule has 1 unspecified atom stereocenters. The summed E-state index contributed by atoms with van der Waals surface area (Å²) in [6.45, 7) is 5.54. The minimum absolute atomic E-state index is 0.224. The van der Waals surface area contributed by atoms with Crippen molar-refractivity contribution in [1.82, 2.24) is 0 Å². The lowest BCUT2D eigenvalue weighted by atomic mass is 9.76. The third-order valence-corrected chi connectivity index (χ3v) is 4.60. The Labute approximate surface area is 125 Å². The Morgan fingerprint density at radius 3 is 2.62 bits per heavy atom. The molecule has 116 valence electrons. The molecule has 1 aliphatic carbocycles. The first-order valence-corrected chi connectivity index (χ1v) is 7.76. The molecule has 3 nitrogen and oxygen atoms in total. The van der Waals surface area contributed by atoms with Crippen LogP contribution in [0.3, 0.4) is 0 Å². The number of hydrogen-bond acceptors (Lipinski definition) is 3. The summed E-state index contributed by atoms with van der Waals surface area (Å²) >= 11 is 0. The standard InChI is InChI=1S/C17H24FNO2/c1-3-4-12-5-7-13(8-6-12)17(21-20)14-9-10-16(19-2)15(18)11-14/h9-13,17,20H,2-8H2,1H3. The number of nitrogens with zero attached hydrogens (tertiary/aromatic N) is 1. The zero-order valence-electron chi connectivity index (χ0n) is 12.6. The van der Waals surface area contributed by atoms with Crippen LogP contribution in [-0.2, 0) is 4.89 Å². The van der Waals surface area contributed by atoms with Gasteiger partial charge in [-0.1, -0.05) is 38.7 Å². The van der Waals surface area contributed by atoms with Crippen LogP contribution >= 0.6 is 0 Å². The number of hydrogen-bond donors (Lipinski definition) is 1. The second-order valence-electron chi connectivity index (χ2n) is 5.96. The van der Waals surface area contributed by atoms with Gasteiger partial charge in [0.25, 0.3) is 0 Å². The maximum Gasteiger partial charge on any atom is 0.149 e. The van der Waals surface area contributed by atoms with Crippen molar-refractivity contribution in [2.45, 2.75) is 51.6 Å². The van der Waals surface area contributed by atoms with Gasteiger partial charge in [-0.15, -0.1) is 0 Å². The van der Waals surface area contributed by atoms with Gasteiger partial charge in [-0.05, 0) is 49.1 Å². The van der Waals surface area contributed by atoms with E-state index in [1.54, 1.807) is 12.1 Å². The highest BCUT2D eigenvalue weighted by Gasteiger charge is 2.29. The van der Waals surface area contributed by atoms with Gasteiger partial charge >= 0.3 is 0 Å². The maximum atomic E-state index is 13.8. The third-order valence-electron chi connectivity index (χ3n) is 4.60.